The third-order valence-electron chi connectivity index (χ3n) is 0.872. The summed E-state index contributed by atoms with van der Waals surface area (Å²) in [7, 11) is 0. The van der Waals surface area contributed by atoms with E-state index in [2.05, 4.69) is 4.98 Å². The monoisotopic (exact) mass is 165 g/mol. The standard InChI is InChI=1S/C6H5F3N2/c7-6(8,9)5-2-1-4(10)3-11-5/h1-3H,10H2/i1D,2D,3D. The van der Waals surface area contributed by atoms with E-state index in [0.29, 0.717) is 0 Å². The molecule has 0 saturated carbocycles. The summed E-state index contributed by atoms with van der Waals surface area (Å²) in [6, 6.07) is -1.93. The van der Waals surface area contributed by atoms with Crippen molar-refractivity contribution in [2.45, 2.75) is 6.18 Å². The molecular formula is C6H5F3N2. The van der Waals surface area contributed by atoms with Gasteiger partial charge in [-0.05, 0) is 12.1 Å². The third kappa shape index (κ3) is 1.83. The van der Waals surface area contributed by atoms with E-state index in [-0.39, 0.29) is 0 Å². The molecule has 0 bridgehead atoms. The number of anilines is 1. The minimum atomic E-state index is -4.84. The highest BCUT2D eigenvalue weighted by molar-refractivity contribution is 5.34. The van der Waals surface area contributed by atoms with Gasteiger partial charge in [-0.15, -0.1) is 0 Å². The zero-order valence-electron chi connectivity index (χ0n) is 8.16. The fraction of sp³-hybridized carbons (Fsp3) is 0.167. The molecule has 1 aromatic heterocycles. The molecule has 1 rings (SSSR count). The second kappa shape index (κ2) is 2.41. The van der Waals surface area contributed by atoms with Crippen LogP contribution in [0.3, 0.4) is 0 Å². The second-order valence-corrected chi connectivity index (χ2v) is 1.73. The molecule has 0 saturated heterocycles. The minimum Gasteiger partial charge on any atom is -0.397 e. The molecule has 0 aliphatic carbocycles. The molecule has 0 spiro atoms. The first-order valence-electron chi connectivity index (χ1n) is 4.05. The first-order chi connectivity index (χ1) is 6.25. The van der Waals surface area contributed by atoms with Crippen LogP contribution >= 0.6 is 0 Å². The molecule has 2 nitrogen and oxygen atoms in total. The van der Waals surface area contributed by atoms with E-state index in [9.17, 15) is 13.2 Å². The summed E-state index contributed by atoms with van der Waals surface area (Å²) >= 11 is 0. The molecular weight excluding hydrogens is 157 g/mol. The largest absolute Gasteiger partial charge is 0.433 e. The van der Waals surface area contributed by atoms with Crippen molar-refractivity contribution < 1.29 is 17.3 Å². The number of rotatable bonds is 0. The lowest BCUT2D eigenvalue weighted by molar-refractivity contribution is -0.141. The predicted molar refractivity (Wildman–Crippen MR) is 33.7 cm³/mol. The van der Waals surface area contributed by atoms with Gasteiger partial charge >= 0.3 is 6.18 Å². The van der Waals surface area contributed by atoms with Crippen LogP contribution < -0.4 is 5.73 Å². The number of hydrogen-bond acceptors (Lipinski definition) is 2. The van der Waals surface area contributed by atoms with Crippen molar-refractivity contribution in [1.82, 2.24) is 4.98 Å². The average molecular weight is 165 g/mol. The zero-order chi connectivity index (χ0) is 11.1. The van der Waals surface area contributed by atoms with E-state index >= 15 is 0 Å². The first kappa shape index (κ1) is 4.58. The van der Waals surface area contributed by atoms with Gasteiger partial charge in [0.05, 0.1) is 16.0 Å². The van der Waals surface area contributed by atoms with Crippen molar-refractivity contribution in [3.63, 3.8) is 0 Å². The molecule has 0 aliphatic heterocycles. The lowest BCUT2D eigenvalue weighted by atomic mass is 10.3. The summed E-state index contributed by atoms with van der Waals surface area (Å²) in [5.41, 5.74) is 2.99. The number of halogens is 3. The topological polar surface area (TPSA) is 38.9 Å². The molecule has 2 N–H and O–H groups in total. The van der Waals surface area contributed by atoms with E-state index in [1.807, 2.05) is 0 Å². The molecule has 1 heterocycles. The third-order valence-corrected chi connectivity index (χ3v) is 0.872. The Morgan fingerprint density at radius 2 is 2.09 bits per heavy atom. The van der Waals surface area contributed by atoms with Crippen LogP contribution in [0, 0.1) is 0 Å². The SMILES string of the molecule is [2H]c1nc(C(F)(F)F)c([2H])c([2H])c1N. The Balaban J connectivity index is 3.49. The molecule has 0 atom stereocenters. The van der Waals surface area contributed by atoms with Crippen LogP contribution in [-0.4, -0.2) is 4.98 Å². The Hall–Kier alpha value is -1.26. The maximum Gasteiger partial charge on any atom is 0.433 e. The fourth-order valence-corrected chi connectivity index (χ4v) is 0.433. The van der Waals surface area contributed by atoms with Crippen LogP contribution in [0.25, 0.3) is 0 Å². The summed E-state index contributed by atoms with van der Waals surface area (Å²) < 4.78 is 57.4. The van der Waals surface area contributed by atoms with Gasteiger partial charge in [0, 0.05) is 0 Å². The minimum absolute atomic E-state index is 0.525. The van der Waals surface area contributed by atoms with Gasteiger partial charge in [-0.2, -0.15) is 13.2 Å². The Morgan fingerprint density at radius 1 is 1.45 bits per heavy atom. The Bertz CT molecular complexity index is 378. The van der Waals surface area contributed by atoms with Gasteiger partial charge in [0.25, 0.3) is 0 Å². The number of hydrogen-bond donors (Lipinski definition) is 1. The number of nitrogen functional groups attached to an aromatic ring is 1. The lowest BCUT2D eigenvalue weighted by Crippen LogP contribution is -2.07. The maximum atomic E-state index is 12.2. The number of pyridine rings is 1. The molecule has 5 heteroatoms. The van der Waals surface area contributed by atoms with Gasteiger partial charge < -0.3 is 5.73 Å². The second-order valence-electron chi connectivity index (χ2n) is 1.73. The number of aromatic nitrogens is 1. The normalized spacial score (nSPS) is 15.4. The Kier molecular flexibility index (Phi) is 1.00. The molecule has 0 aromatic carbocycles. The van der Waals surface area contributed by atoms with E-state index in [4.69, 9.17) is 9.85 Å². The highest BCUT2D eigenvalue weighted by atomic mass is 19.4. The fourth-order valence-electron chi connectivity index (χ4n) is 0.433. The Labute approximate surface area is 65.1 Å². The van der Waals surface area contributed by atoms with Crippen LogP contribution in [0.2, 0.25) is 0 Å². The van der Waals surface area contributed by atoms with E-state index in [1.54, 1.807) is 0 Å². The first-order valence-corrected chi connectivity index (χ1v) is 2.55. The smallest absolute Gasteiger partial charge is 0.397 e. The molecule has 0 amide bonds. The van der Waals surface area contributed by atoms with Gasteiger partial charge in [-0.3, -0.25) is 0 Å². The van der Waals surface area contributed by atoms with E-state index in [1.165, 1.54) is 0 Å². The molecule has 0 fully saturated rings. The van der Waals surface area contributed by atoms with Crippen LogP contribution in [0.15, 0.2) is 18.3 Å². The highest BCUT2D eigenvalue weighted by Gasteiger charge is 2.31. The van der Waals surface area contributed by atoms with Crippen molar-refractivity contribution in [2.24, 2.45) is 0 Å². The number of nitrogens with zero attached hydrogens (tertiary/aromatic N) is 1. The van der Waals surface area contributed by atoms with Crippen molar-refractivity contribution in [3.8, 4) is 0 Å². The number of alkyl halides is 3. The van der Waals surface area contributed by atoms with Crippen LogP contribution in [0.4, 0.5) is 18.9 Å². The molecule has 11 heavy (non-hydrogen) atoms. The summed E-state index contributed by atoms with van der Waals surface area (Å²) in [6.45, 7) is 0. The van der Waals surface area contributed by atoms with Gasteiger partial charge in [0.1, 0.15) is 5.69 Å². The Morgan fingerprint density at radius 3 is 2.64 bits per heavy atom. The van der Waals surface area contributed by atoms with Gasteiger partial charge in [-0.1, -0.05) is 0 Å². The van der Waals surface area contributed by atoms with E-state index < -0.39 is 35.8 Å². The lowest BCUT2D eigenvalue weighted by Gasteiger charge is -2.03. The quantitative estimate of drug-likeness (QED) is 0.635. The van der Waals surface area contributed by atoms with Crippen molar-refractivity contribution >= 4 is 5.69 Å². The summed E-state index contributed by atoms with van der Waals surface area (Å²) in [5.74, 6) is 0. The van der Waals surface area contributed by atoms with Gasteiger partial charge in [0.2, 0.25) is 0 Å². The van der Waals surface area contributed by atoms with Crippen molar-refractivity contribution in [1.29, 1.82) is 0 Å². The summed E-state index contributed by atoms with van der Waals surface area (Å²) in [5, 5.41) is 0. The molecule has 0 aliphatic rings. The summed E-state index contributed by atoms with van der Waals surface area (Å²) in [4.78, 5) is 2.81. The maximum absolute atomic E-state index is 12.2. The predicted octanol–water partition coefficient (Wildman–Crippen LogP) is 1.68. The average Bonchev–Trinajstić information content (AvgIpc) is 2.06. The molecule has 0 unspecified atom stereocenters. The van der Waals surface area contributed by atoms with Gasteiger partial charge in [-0.25, -0.2) is 4.98 Å². The molecule has 1 aromatic rings. The van der Waals surface area contributed by atoms with Crippen LogP contribution in [0.5, 0.6) is 0 Å². The highest BCUT2D eigenvalue weighted by Crippen LogP contribution is 2.27. The van der Waals surface area contributed by atoms with E-state index in [0.717, 1.165) is 0 Å². The number of nitrogens with two attached hydrogens (primary N) is 1. The molecule has 0 radical (unpaired) electrons. The van der Waals surface area contributed by atoms with Crippen LogP contribution in [0.1, 0.15) is 9.81 Å². The van der Waals surface area contributed by atoms with Crippen molar-refractivity contribution in [3.05, 3.63) is 24.0 Å². The molecule has 60 valence electrons. The summed E-state index contributed by atoms with van der Waals surface area (Å²) in [6.07, 6.45) is -5.67. The van der Waals surface area contributed by atoms with Gasteiger partial charge in [0.15, 0.2) is 0 Å². The zero-order valence-corrected chi connectivity index (χ0v) is 5.16. The van der Waals surface area contributed by atoms with Crippen LogP contribution in [-0.2, 0) is 6.18 Å². The van der Waals surface area contributed by atoms with Crippen molar-refractivity contribution in [2.75, 3.05) is 5.73 Å².